The van der Waals surface area contributed by atoms with Gasteiger partial charge in [-0.1, -0.05) is 78.2 Å². The van der Waals surface area contributed by atoms with Gasteiger partial charge in [0.2, 0.25) is 0 Å². The molecule has 0 saturated heterocycles. The van der Waals surface area contributed by atoms with E-state index in [1.54, 1.807) is 0 Å². The van der Waals surface area contributed by atoms with Gasteiger partial charge in [0, 0.05) is 0 Å². The SMILES string of the molecule is C=CCCCCCCC(C)CCCCC(C)C. The standard InChI is InChI=1S/C17H34/c1-5-6-7-8-9-10-14-17(4)15-12-11-13-16(2)3/h5,16-17H,1,6-15H2,2-4H3. The number of rotatable bonds is 12. The molecule has 0 aliphatic heterocycles. The van der Waals surface area contributed by atoms with Crippen LogP contribution in [0.5, 0.6) is 0 Å². The maximum Gasteiger partial charge on any atom is -0.0353 e. The molecule has 1 unspecified atom stereocenters. The molecule has 0 saturated carbocycles. The molecule has 0 spiro atoms. The van der Waals surface area contributed by atoms with Gasteiger partial charge in [-0.05, 0) is 24.7 Å². The summed E-state index contributed by atoms with van der Waals surface area (Å²) in [5, 5.41) is 0. The van der Waals surface area contributed by atoms with Gasteiger partial charge in [0.25, 0.3) is 0 Å². The van der Waals surface area contributed by atoms with Crippen LogP contribution in [0.3, 0.4) is 0 Å². The van der Waals surface area contributed by atoms with E-state index in [4.69, 9.17) is 0 Å². The largest absolute Gasteiger partial charge is 0.103 e. The van der Waals surface area contributed by atoms with Gasteiger partial charge in [-0.3, -0.25) is 0 Å². The molecular weight excluding hydrogens is 204 g/mol. The summed E-state index contributed by atoms with van der Waals surface area (Å²) >= 11 is 0. The highest BCUT2D eigenvalue weighted by molar-refractivity contribution is 4.65. The first kappa shape index (κ1) is 16.7. The first-order chi connectivity index (χ1) is 8.16. The maximum atomic E-state index is 3.76. The Morgan fingerprint density at radius 3 is 1.88 bits per heavy atom. The molecule has 0 fully saturated rings. The van der Waals surface area contributed by atoms with Crippen LogP contribution in [0.2, 0.25) is 0 Å². The van der Waals surface area contributed by atoms with Crippen LogP contribution >= 0.6 is 0 Å². The third-order valence-electron chi connectivity index (χ3n) is 3.58. The van der Waals surface area contributed by atoms with Gasteiger partial charge in [-0.25, -0.2) is 0 Å². The van der Waals surface area contributed by atoms with Gasteiger partial charge in [0.1, 0.15) is 0 Å². The van der Waals surface area contributed by atoms with Crippen molar-refractivity contribution >= 4 is 0 Å². The van der Waals surface area contributed by atoms with Gasteiger partial charge in [0.15, 0.2) is 0 Å². The van der Waals surface area contributed by atoms with E-state index in [0.717, 1.165) is 11.8 Å². The summed E-state index contributed by atoms with van der Waals surface area (Å²) in [6.45, 7) is 10.8. The number of unbranched alkanes of at least 4 members (excludes halogenated alkanes) is 5. The van der Waals surface area contributed by atoms with E-state index in [1.807, 2.05) is 6.08 Å². The van der Waals surface area contributed by atoms with E-state index in [2.05, 4.69) is 27.4 Å². The van der Waals surface area contributed by atoms with Crippen LogP contribution in [0, 0.1) is 11.8 Å². The Morgan fingerprint density at radius 2 is 1.29 bits per heavy atom. The molecule has 17 heavy (non-hydrogen) atoms. The normalized spacial score (nSPS) is 12.9. The Labute approximate surface area is 110 Å². The zero-order chi connectivity index (χ0) is 12.9. The van der Waals surface area contributed by atoms with Crippen LogP contribution in [0.15, 0.2) is 12.7 Å². The zero-order valence-electron chi connectivity index (χ0n) is 12.5. The highest BCUT2D eigenvalue weighted by atomic mass is 14.1. The minimum Gasteiger partial charge on any atom is -0.103 e. The van der Waals surface area contributed by atoms with E-state index < -0.39 is 0 Å². The molecule has 0 aliphatic rings. The van der Waals surface area contributed by atoms with Crippen molar-refractivity contribution in [1.29, 1.82) is 0 Å². The van der Waals surface area contributed by atoms with Crippen molar-refractivity contribution in [3.8, 4) is 0 Å². The van der Waals surface area contributed by atoms with Crippen LogP contribution in [0.25, 0.3) is 0 Å². The fourth-order valence-corrected chi connectivity index (χ4v) is 2.32. The van der Waals surface area contributed by atoms with E-state index in [1.165, 1.54) is 64.2 Å². The Kier molecular flexibility index (Phi) is 12.0. The summed E-state index contributed by atoms with van der Waals surface area (Å²) < 4.78 is 0. The second-order valence-corrected chi connectivity index (χ2v) is 6.06. The van der Waals surface area contributed by atoms with Crippen LogP contribution < -0.4 is 0 Å². The fraction of sp³-hybridized carbons (Fsp3) is 0.882. The molecule has 0 N–H and O–H groups in total. The molecule has 0 rings (SSSR count). The molecular formula is C17H34. The Bertz CT molecular complexity index is 157. The molecule has 102 valence electrons. The highest BCUT2D eigenvalue weighted by Gasteiger charge is 2.02. The summed E-state index contributed by atoms with van der Waals surface area (Å²) in [5.74, 6) is 1.83. The minimum atomic E-state index is 0.884. The summed E-state index contributed by atoms with van der Waals surface area (Å²) in [7, 11) is 0. The Hall–Kier alpha value is -0.260. The van der Waals surface area contributed by atoms with E-state index in [9.17, 15) is 0 Å². The van der Waals surface area contributed by atoms with Crippen LogP contribution in [0.1, 0.15) is 85.0 Å². The van der Waals surface area contributed by atoms with Gasteiger partial charge in [-0.15, -0.1) is 6.58 Å². The van der Waals surface area contributed by atoms with Gasteiger partial charge < -0.3 is 0 Å². The van der Waals surface area contributed by atoms with Crippen LogP contribution in [-0.2, 0) is 0 Å². The minimum absolute atomic E-state index is 0.884. The van der Waals surface area contributed by atoms with Crippen LogP contribution in [0.4, 0.5) is 0 Å². The quantitative estimate of drug-likeness (QED) is 0.274. The first-order valence-electron chi connectivity index (χ1n) is 7.77. The van der Waals surface area contributed by atoms with Gasteiger partial charge in [0.05, 0.1) is 0 Å². The van der Waals surface area contributed by atoms with E-state index in [-0.39, 0.29) is 0 Å². The molecule has 0 heteroatoms. The lowest BCUT2D eigenvalue weighted by Gasteiger charge is -2.11. The summed E-state index contributed by atoms with van der Waals surface area (Å²) in [4.78, 5) is 0. The molecule has 0 amide bonds. The molecule has 0 aromatic carbocycles. The van der Waals surface area contributed by atoms with E-state index >= 15 is 0 Å². The van der Waals surface area contributed by atoms with Crippen molar-refractivity contribution in [1.82, 2.24) is 0 Å². The summed E-state index contributed by atoms with van der Waals surface area (Å²) in [6, 6.07) is 0. The average Bonchev–Trinajstić information content (AvgIpc) is 2.29. The number of hydrogen-bond donors (Lipinski definition) is 0. The maximum absolute atomic E-state index is 3.76. The predicted octanol–water partition coefficient (Wildman–Crippen LogP) is 6.37. The Morgan fingerprint density at radius 1 is 0.765 bits per heavy atom. The molecule has 0 aliphatic carbocycles. The van der Waals surface area contributed by atoms with Gasteiger partial charge >= 0.3 is 0 Å². The lowest BCUT2D eigenvalue weighted by Crippen LogP contribution is -1.96. The second kappa shape index (κ2) is 12.2. The monoisotopic (exact) mass is 238 g/mol. The molecule has 0 aromatic rings. The van der Waals surface area contributed by atoms with Crippen molar-refractivity contribution in [3.63, 3.8) is 0 Å². The lowest BCUT2D eigenvalue weighted by atomic mass is 9.95. The first-order valence-corrected chi connectivity index (χ1v) is 7.77. The molecule has 0 radical (unpaired) electrons. The lowest BCUT2D eigenvalue weighted by molar-refractivity contribution is 0.424. The molecule has 1 atom stereocenters. The van der Waals surface area contributed by atoms with Crippen molar-refractivity contribution in [2.75, 3.05) is 0 Å². The summed E-state index contributed by atoms with van der Waals surface area (Å²) in [6.07, 6.45) is 16.0. The van der Waals surface area contributed by atoms with E-state index in [0.29, 0.717) is 0 Å². The molecule has 0 heterocycles. The zero-order valence-corrected chi connectivity index (χ0v) is 12.5. The average molecular weight is 238 g/mol. The topological polar surface area (TPSA) is 0 Å². The van der Waals surface area contributed by atoms with Gasteiger partial charge in [-0.2, -0.15) is 0 Å². The fourth-order valence-electron chi connectivity index (χ4n) is 2.32. The third kappa shape index (κ3) is 13.7. The second-order valence-electron chi connectivity index (χ2n) is 6.06. The third-order valence-corrected chi connectivity index (χ3v) is 3.58. The molecule has 0 bridgehead atoms. The molecule has 0 aromatic heterocycles. The van der Waals surface area contributed by atoms with Crippen molar-refractivity contribution < 1.29 is 0 Å². The van der Waals surface area contributed by atoms with Crippen molar-refractivity contribution in [3.05, 3.63) is 12.7 Å². The molecule has 0 nitrogen and oxygen atoms in total. The van der Waals surface area contributed by atoms with Crippen LogP contribution in [-0.4, -0.2) is 0 Å². The smallest absolute Gasteiger partial charge is 0.0353 e. The Balaban J connectivity index is 3.17. The summed E-state index contributed by atoms with van der Waals surface area (Å²) in [5.41, 5.74) is 0. The van der Waals surface area contributed by atoms with Crippen molar-refractivity contribution in [2.24, 2.45) is 11.8 Å². The number of allylic oxidation sites excluding steroid dienone is 1. The number of hydrogen-bond acceptors (Lipinski definition) is 0. The van der Waals surface area contributed by atoms with Crippen molar-refractivity contribution in [2.45, 2.75) is 85.0 Å². The highest BCUT2D eigenvalue weighted by Crippen LogP contribution is 2.18. The predicted molar refractivity (Wildman–Crippen MR) is 80.4 cm³/mol.